The highest BCUT2D eigenvalue weighted by Crippen LogP contribution is 2.30. The molecule has 0 aliphatic heterocycles. The fraction of sp³-hybridized carbons (Fsp3) is 0.0909. The second kappa shape index (κ2) is 11.2. The second-order valence-corrected chi connectivity index (χ2v) is 9.51. The van der Waals surface area contributed by atoms with Crippen molar-refractivity contribution in [1.29, 1.82) is 0 Å². The molecule has 0 fully saturated rings. The first-order valence-electron chi connectivity index (χ1n) is 10.1. The third kappa shape index (κ3) is 6.57. The van der Waals surface area contributed by atoms with Gasteiger partial charge in [0.25, 0.3) is 5.91 Å². The van der Waals surface area contributed by atoms with Gasteiger partial charge in [-0.25, -0.2) is 4.79 Å². The van der Waals surface area contributed by atoms with Crippen molar-refractivity contribution in [2.75, 3.05) is 5.32 Å². The van der Waals surface area contributed by atoms with Gasteiger partial charge in [0.15, 0.2) is 0 Å². The number of rotatable bonds is 7. The van der Waals surface area contributed by atoms with E-state index in [4.69, 9.17) is 16.3 Å². The molecular weight excluding hydrogens is 632 g/mol. The van der Waals surface area contributed by atoms with Gasteiger partial charge < -0.3 is 19.9 Å². The Balaban J connectivity index is 1.77. The maximum Gasteiger partial charge on any atom is 0.573 e. The van der Waals surface area contributed by atoms with E-state index in [9.17, 15) is 27.9 Å². The van der Waals surface area contributed by atoms with Crippen molar-refractivity contribution in [2.45, 2.75) is 13.0 Å². The SMILES string of the molecule is Bc1c(Br)c(B)c(C(=O)Nc2ccc(OCc3cccc(OC(F)(F)F)c3)c(Cl)c2)c(C(=O)O)c1Br. The number of alkyl halides is 3. The third-order valence-corrected chi connectivity index (χ3v) is 7.47. The lowest BCUT2D eigenvalue weighted by molar-refractivity contribution is -0.274. The molecular formula is C22H15B2Br2ClF3NO5. The Kier molecular flexibility index (Phi) is 8.68. The van der Waals surface area contributed by atoms with Crippen LogP contribution >= 0.6 is 43.5 Å². The summed E-state index contributed by atoms with van der Waals surface area (Å²) in [6, 6.07) is 9.70. The minimum atomic E-state index is -4.81. The van der Waals surface area contributed by atoms with Gasteiger partial charge in [-0.15, -0.1) is 13.2 Å². The molecule has 0 bridgehead atoms. The van der Waals surface area contributed by atoms with Gasteiger partial charge in [-0.3, -0.25) is 4.79 Å². The molecule has 3 aromatic rings. The topological polar surface area (TPSA) is 84.9 Å². The van der Waals surface area contributed by atoms with Crippen molar-refractivity contribution < 1.29 is 37.3 Å². The summed E-state index contributed by atoms with van der Waals surface area (Å²) in [6.07, 6.45) is -4.81. The number of hydrogen-bond donors (Lipinski definition) is 2. The summed E-state index contributed by atoms with van der Waals surface area (Å²) < 4.78 is 47.6. The summed E-state index contributed by atoms with van der Waals surface area (Å²) in [6.45, 7) is -0.0902. The Hall–Kier alpha value is -2.63. The van der Waals surface area contributed by atoms with Crippen LogP contribution in [-0.2, 0) is 6.61 Å². The summed E-state index contributed by atoms with van der Waals surface area (Å²) in [4.78, 5) is 24.9. The first-order chi connectivity index (χ1) is 16.8. The highest BCUT2D eigenvalue weighted by molar-refractivity contribution is 9.11. The van der Waals surface area contributed by atoms with Crippen LogP contribution in [0.5, 0.6) is 11.5 Å². The van der Waals surface area contributed by atoms with Crippen LogP contribution in [0.25, 0.3) is 0 Å². The quantitative estimate of drug-likeness (QED) is 0.382. The Morgan fingerprint density at radius 3 is 2.33 bits per heavy atom. The van der Waals surface area contributed by atoms with Crippen LogP contribution in [0.1, 0.15) is 26.3 Å². The summed E-state index contributed by atoms with van der Waals surface area (Å²) >= 11 is 12.9. The van der Waals surface area contributed by atoms with Gasteiger partial charge in [-0.05, 0) is 35.9 Å². The minimum Gasteiger partial charge on any atom is -0.487 e. The third-order valence-electron chi connectivity index (χ3n) is 4.99. The number of carbonyl (C=O) groups is 2. The number of nitrogens with one attached hydrogen (secondary N) is 1. The number of aromatic carboxylic acids is 1. The zero-order valence-corrected chi connectivity index (χ0v) is 22.5. The van der Waals surface area contributed by atoms with E-state index < -0.39 is 18.2 Å². The first kappa shape index (κ1) is 27.9. The van der Waals surface area contributed by atoms with E-state index in [2.05, 4.69) is 41.9 Å². The Bertz CT molecular complexity index is 1360. The molecule has 0 unspecified atom stereocenters. The van der Waals surface area contributed by atoms with E-state index in [1.165, 1.54) is 36.4 Å². The summed E-state index contributed by atoms with van der Waals surface area (Å²) in [7, 11) is 3.34. The Morgan fingerprint density at radius 2 is 1.72 bits per heavy atom. The van der Waals surface area contributed by atoms with E-state index in [1.807, 2.05) is 0 Å². The summed E-state index contributed by atoms with van der Waals surface area (Å²) in [5.74, 6) is -2.08. The zero-order chi connectivity index (χ0) is 26.8. The van der Waals surface area contributed by atoms with Crippen LogP contribution in [0.3, 0.4) is 0 Å². The molecule has 0 spiro atoms. The van der Waals surface area contributed by atoms with Gasteiger partial charge >= 0.3 is 12.3 Å². The van der Waals surface area contributed by atoms with Crippen molar-refractivity contribution in [3.63, 3.8) is 0 Å². The number of carboxylic acids is 1. The summed E-state index contributed by atoms with van der Waals surface area (Å²) in [5, 5.41) is 12.4. The Labute approximate surface area is 227 Å². The summed E-state index contributed by atoms with van der Waals surface area (Å²) in [5.41, 5.74) is 1.59. The number of carbonyl (C=O) groups excluding carboxylic acids is 1. The fourth-order valence-corrected chi connectivity index (χ4v) is 4.80. The Morgan fingerprint density at radius 1 is 1.03 bits per heavy atom. The normalized spacial score (nSPS) is 11.2. The molecule has 0 aliphatic carbocycles. The van der Waals surface area contributed by atoms with Gasteiger partial charge in [-0.1, -0.05) is 66.5 Å². The van der Waals surface area contributed by atoms with Crippen molar-refractivity contribution in [1.82, 2.24) is 0 Å². The lowest BCUT2D eigenvalue weighted by atomic mass is 9.80. The van der Waals surface area contributed by atoms with Crippen molar-refractivity contribution >= 4 is 87.6 Å². The van der Waals surface area contributed by atoms with Crippen molar-refractivity contribution in [2.24, 2.45) is 0 Å². The maximum atomic E-state index is 13.0. The van der Waals surface area contributed by atoms with Crippen molar-refractivity contribution in [3.05, 3.63) is 73.1 Å². The molecule has 0 atom stereocenters. The standard InChI is InChI=1S/C22H15B2Br2ClF3NO5/c23-16-14(15(21(33)34)18(25)17(24)19(16)26)20(32)31-10-4-5-13(12(27)7-10)35-8-9-2-1-3-11(6-9)36-22(28,29)30/h1-7H,8,23-24H2,(H,31,32)(H,33,34). The monoisotopic (exact) mass is 645 g/mol. The minimum absolute atomic E-state index is 0.0238. The molecule has 36 heavy (non-hydrogen) atoms. The molecule has 0 saturated carbocycles. The van der Waals surface area contributed by atoms with Crippen LogP contribution in [-0.4, -0.2) is 39.0 Å². The number of carboxylic acid groups (broad SMARTS) is 1. The van der Waals surface area contributed by atoms with Gasteiger partial charge in [0.1, 0.15) is 33.8 Å². The van der Waals surface area contributed by atoms with Crippen LogP contribution < -0.4 is 25.7 Å². The number of ether oxygens (including phenoxy) is 2. The van der Waals surface area contributed by atoms with Crippen LogP contribution in [0, 0.1) is 0 Å². The van der Waals surface area contributed by atoms with E-state index in [0.29, 0.717) is 21.0 Å². The molecule has 0 aliphatic rings. The van der Waals surface area contributed by atoms with Gasteiger partial charge in [0.2, 0.25) is 0 Å². The molecule has 3 rings (SSSR count). The lowest BCUT2D eigenvalue weighted by Gasteiger charge is -2.17. The molecule has 0 radical (unpaired) electrons. The molecule has 2 N–H and O–H groups in total. The first-order valence-corrected chi connectivity index (χ1v) is 12.0. The van der Waals surface area contributed by atoms with Gasteiger partial charge in [-0.2, -0.15) is 0 Å². The predicted molar refractivity (Wildman–Crippen MR) is 142 cm³/mol. The molecule has 1 amide bonds. The van der Waals surface area contributed by atoms with E-state index >= 15 is 0 Å². The average Bonchev–Trinajstić information content (AvgIpc) is 2.78. The fourth-order valence-electron chi connectivity index (χ4n) is 3.34. The van der Waals surface area contributed by atoms with E-state index in [1.54, 1.807) is 21.8 Å². The predicted octanol–water partition coefficient (Wildman–Crippen LogP) is 3.81. The van der Waals surface area contributed by atoms with E-state index in [-0.39, 0.29) is 44.4 Å². The van der Waals surface area contributed by atoms with Gasteiger partial charge in [0, 0.05) is 14.6 Å². The molecule has 14 heteroatoms. The molecule has 0 saturated heterocycles. The maximum absolute atomic E-state index is 13.0. The van der Waals surface area contributed by atoms with Crippen molar-refractivity contribution in [3.8, 4) is 11.5 Å². The molecule has 186 valence electrons. The number of amides is 1. The number of benzene rings is 3. The zero-order valence-electron chi connectivity index (χ0n) is 18.6. The second-order valence-electron chi connectivity index (χ2n) is 7.52. The molecule has 3 aromatic carbocycles. The largest absolute Gasteiger partial charge is 0.573 e. The highest BCUT2D eigenvalue weighted by atomic mass is 79.9. The molecule has 0 aromatic heterocycles. The molecule has 6 nitrogen and oxygen atoms in total. The molecule has 0 heterocycles. The van der Waals surface area contributed by atoms with Crippen LogP contribution in [0.4, 0.5) is 18.9 Å². The smallest absolute Gasteiger partial charge is 0.487 e. The van der Waals surface area contributed by atoms with E-state index in [0.717, 1.165) is 0 Å². The van der Waals surface area contributed by atoms with Crippen LogP contribution in [0.2, 0.25) is 5.02 Å². The lowest BCUT2D eigenvalue weighted by Crippen LogP contribution is -2.32. The number of hydrogen-bond acceptors (Lipinski definition) is 4. The number of anilines is 1. The average molecular weight is 647 g/mol. The van der Waals surface area contributed by atoms with Gasteiger partial charge in [0.05, 0.1) is 16.1 Å². The number of halogens is 6. The highest BCUT2D eigenvalue weighted by Gasteiger charge is 2.31. The van der Waals surface area contributed by atoms with Crippen LogP contribution in [0.15, 0.2) is 51.4 Å².